The normalized spacial score (nSPS) is 14.0. The molecule has 1 atom stereocenters. The summed E-state index contributed by atoms with van der Waals surface area (Å²) in [5, 5.41) is 0.846. The second kappa shape index (κ2) is 7.95. The first kappa shape index (κ1) is 23.2. The predicted molar refractivity (Wildman–Crippen MR) is 117 cm³/mol. The fourth-order valence-corrected chi connectivity index (χ4v) is 4.33. The average Bonchev–Trinajstić information content (AvgIpc) is 2.96. The number of carbonyl (C=O) groups excluding carboxylic acids is 2. The van der Waals surface area contributed by atoms with Gasteiger partial charge in [0.1, 0.15) is 5.60 Å². The third-order valence-corrected chi connectivity index (χ3v) is 5.40. The molecule has 29 heavy (non-hydrogen) atoms. The predicted octanol–water partition coefficient (Wildman–Crippen LogP) is 5.52. The molecule has 0 N–H and O–H groups in total. The first-order valence-corrected chi connectivity index (χ1v) is 13.2. The van der Waals surface area contributed by atoms with Crippen molar-refractivity contribution < 1.29 is 23.5 Å². The first-order valence-electron chi connectivity index (χ1n) is 9.77. The smallest absolute Gasteiger partial charge is 0.419 e. The van der Waals surface area contributed by atoms with Crippen LogP contribution in [0.1, 0.15) is 46.3 Å². The van der Waals surface area contributed by atoms with Crippen molar-refractivity contribution >= 4 is 31.3 Å². The van der Waals surface area contributed by atoms with Crippen LogP contribution in [0.2, 0.25) is 19.6 Å². The Hall–Kier alpha value is -2.12. The van der Waals surface area contributed by atoms with Crippen LogP contribution in [0.5, 0.6) is 0 Å². The molecule has 0 aliphatic carbocycles. The van der Waals surface area contributed by atoms with E-state index in [2.05, 4.69) is 19.6 Å². The molecule has 0 saturated heterocycles. The van der Waals surface area contributed by atoms with Crippen molar-refractivity contribution in [3.63, 3.8) is 0 Å². The Bertz CT molecular complexity index is 902. The molecule has 7 heteroatoms. The lowest BCUT2D eigenvalue weighted by Gasteiger charge is -2.36. The molecule has 1 aromatic heterocycles. The molecule has 0 aliphatic rings. The molecule has 0 fully saturated rings. The van der Waals surface area contributed by atoms with Crippen LogP contribution in [0.25, 0.3) is 10.9 Å². The minimum atomic E-state index is -2.05. The third kappa shape index (κ3) is 5.28. The van der Waals surface area contributed by atoms with Crippen molar-refractivity contribution in [2.75, 3.05) is 7.11 Å². The number of benzene rings is 1. The molecule has 1 heterocycles. The molecule has 0 aliphatic heterocycles. The highest BCUT2D eigenvalue weighted by atomic mass is 28.4. The number of hydrogen-bond donors (Lipinski definition) is 0. The summed E-state index contributed by atoms with van der Waals surface area (Å²) in [6.45, 7) is 15.3. The molecule has 0 saturated carbocycles. The van der Waals surface area contributed by atoms with E-state index in [0.717, 1.165) is 10.9 Å². The van der Waals surface area contributed by atoms with Crippen LogP contribution < -0.4 is 0 Å². The van der Waals surface area contributed by atoms with E-state index in [1.54, 1.807) is 6.20 Å². The van der Waals surface area contributed by atoms with Crippen LogP contribution in [0.15, 0.2) is 30.5 Å². The lowest BCUT2D eigenvalue weighted by atomic mass is 9.82. The van der Waals surface area contributed by atoms with Gasteiger partial charge in [-0.15, -0.1) is 0 Å². The van der Waals surface area contributed by atoms with Gasteiger partial charge in [0.15, 0.2) is 8.32 Å². The minimum absolute atomic E-state index is 0.366. The minimum Gasteiger partial charge on any atom is -0.469 e. The van der Waals surface area contributed by atoms with E-state index in [4.69, 9.17) is 13.9 Å². The van der Waals surface area contributed by atoms with Crippen molar-refractivity contribution in [3.05, 3.63) is 36.0 Å². The SMILES string of the molecule is COC(=O)C(C)(C)C(O[Si](C)(C)C)c1cn(C(=O)OC(C)(C)C)c2ccccc12. The molecule has 2 rings (SSSR count). The van der Waals surface area contributed by atoms with Gasteiger partial charge < -0.3 is 13.9 Å². The Balaban J connectivity index is 2.70. The van der Waals surface area contributed by atoms with Crippen molar-refractivity contribution in [1.82, 2.24) is 4.57 Å². The maximum atomic E-state index is 12.9. The Morgan fingerprint density at radius 2 is 1.62 bits per heavy atom. The topological polar surface area (TPSA) is 66.8 Å². The zero-order valence-electron chi connectivity index (χ0n) is 19.0. The third-order valence-electron chi connectivity index (χ3n) is 4.45. The number of esters is 1. The van der Waals surface area contributed by atoms with E-state index in [-0.39, 0.29) is 5.97 Å². The van der Waals surface area contributed by atoms with Gasteiger partial charge >= 0.3 is 12.1 Å². The van der Waals surface area contributed by atoms with Gasteiger partial charge in [-0.3, -0.25) is 9.36 Å². The highest BCUT2D eigenvalue weighted by Gasteiger charge is 2.43. The molecule has 0 radical (unpaired) electrons. The largest absolute Gasteiger partial charge is 0.469 e. The standard InChI is InChI=1S/C22H33NO5Si/c1-21(2,3)27-20(25)23-14-16(15-12-10-11-13-17(15)23)18(28-29(7,8)9)22(4,5)19(24)26-6/h10-14,18H,1-9H3. The van der Waals surface area contributed by atoms with Crippen LogP contribution in [0, 0.1) is 5.41 Å². The van der Waals surface area contributed by atoms with Gasteiger partial charge in [0.2, 0.25) is 0 Å². The number of methoxy groups -OCH3 is 1. The molecule has 160 valence electrons. The highest BCUT2D eigenvalue weighted by Crippen LogP contribution is 2.43. The van der Waals surface area contributed by atoms with Crippen LogP contribution in [0.3, 0.4) is 0 Å². The Morgan fingerprint density at radius 3 is 2.14 bits per heavy atom. The van der Waals surface area contributed by atoms with E-state index in [1.165, 1.54) is 11.7 Å². The van der Waals surface area contributed by atoms with Crippen molar-refractivity contribution in [2.45, 2.75) is 66.0 Å². The summed E-state index contributed by atoms with van der Waals surface area (Å²) < 4.78 is 18.6. The Kier molecular flexibility index (Phi) is 6.35. The first-order chi connectivity index (χ1) is 13.2. The van der Waals surface area contributed by atoms with Gasteiger partial charge in [0.25, 0.3) is 0 Å². The second-order valence-electron chi connectivity index (χ2n) is 9.78. The summed E-state index contributed by atoms with van der Waals surface area (Å²) in [5.41, 5.74) is -0.0917. The van der Waals surface area contributed by atoms with Gasteiger partial charge in [-0.1, -0.05) is 18.2 Å². The van der Waals surface area contributed by atoms with Crippen LogP contribution in [-0.4, -0.2) is 37.7 Å². The van der Waals surface area contributed by atoms with Crippen molar-refractivity contribution in [2.24, 2.45) is 5.41 Å². The van der Waals surface area contributed by atoms with Crippen molar-refractivity contribution in [1.29, 1.82) is 0 Å². The molecule has 1 aromatic carbocycles. The summed E-state index contributed by atoms with van der Waals surface area (Å²) in [6.07, 6.45) is 0.687. The average molecular weight is 420 g/mol. The van der Waals surface area contributed by atoms with E-state index in [0.29, 0.717) is 5.52 Å². The van der Waals surface area contributed by atoms with Gasteiger partial charge in [-0.2, -0.15) is 0 Å². The summed E-state index contributed by atoms with van der Waals surface area (Å²) in [5.74, 6) is -0.366. The number of fused-ring (bicyclic) bond motifs is 1. The number of rotatable bonds is 5. The Labute approximate surface area is 174 Å². The van der Waals surface area contributed by atoms with Crippen molar-refractivity contribution in [3.8, 4) is 0 Å². The van der Waals surface area contributed by atoms with E-state index >= 15 is 0 Å². The van der Waals surface area contributed by atoms with E-state index in [1.807, 2.05) is 58.9 Å². The highest BCUT2D eigenvalue weighted by molar-refractivity contribution is 6.69. The Morgan fingerprint density at radius 1 is 1.03 bits per heavy atom. The molecule has 1 unspecified atom stereocenters. The van der Waals surface area contributed by atoms with Gasteiger partial charge in [-0.05, 0) is 60.3 Å². The van der Waals surface area contributed by atoms with E-state index < -0.39 is 31.5 Å². The number of carbonyl (C=O) groups is 2. The zero-order valence-corrected chi connectivity index (χ0v) is 20.0. The maximum Gasteiger partial charge on any atom is 0.419 e. The number of nitrogens with zero attached hydrogens (tertiary/aromatic N) is 1. The van der Waals surface area contributed by atoms with Gasteiger partial charge in [-0.25, -0.2) is 4.79 Å². The van der Waals surface area contributed by atoms with Crippen LogP contribution >= 0.6 is 0 Å². The molecular formula is C22H33NO5Si. The van der Waals surface area contributed by atoms with Gasteiger partial charge in [0.05, 0.1) is 24.1 Å². The van der Waals surface area contributed by atoms with Crippen LogP contribution in [0.4, 0.5) is 4.79 Å². The van der Waals surface area contributed by atoms with Gasteiger partial charge in [0, 0.05) is 17.1 Å². The number of hydrogen-bond acceptors (Lipinski definition) is 5. The lowest BCUT2D eigenvalue weighted by Crippen LogP contribution is -2.40. The number of ether oxygens (including phenoxy) is 2. The summed E-state index contributed by atoms with van der Waals surface area (Å²) in [6, 6.07) is 7.56. The van der Waals surface area contributed by atoms with Crippen LogP contribution in [-0.2, 0) is 18.7 Å². The fraction of sp³-hybridized carbons (Fsp3) is 0.545. The number of para-hydroxylation sites is 1. The zero-order chi connectivity index (χ0) is 22.2. The number of aromatic nitrogens is 1. The molecule has 0 amide bonds. The molecule has 2 aromatic rings. The summed E-state index contributed by atoms with van der Waals surface area (Å²) in [7, 11) is -0.674. The molecule has 6 nitrogen and oxygen atoms in total. The lowest BCUT2D eigenvalue weighted by molar-refractivity contribution is -0.156. The second-order valence-corrected chi connectivity index (χ2v) is 14.2. The van der Waals surface area contributed by atoms with E-state index in [9.17, 15) is 9.59 Å². The molecular weight excluding hydrogens is 386 g/mol. The summed E-state index contributed by atoms with van der Waals surface area (Å²) >= 11 is 0. The monoisotopic (exact) mass is 419 g/mol. The fourth-order valence-electron chi connectivity index (χ4n) is 3.20. The quantitative estimate of drug-likeness (QED) is 0.472. The maximum absolute atomic E-state index is 12.9. The molecule has 0 bridgehead atoms. The summed E-state index contributed by atoms with van der Waals surface area (Å²) in [4.78, 5) is 25.5. The molecule has 0 spiro atoms.